The van der Waals surface area contributed by atoms with Crippen LogP contribution in [-0.4, -0.2) is 40.3 Å². The van der Waals surface area contributed by atoms with Crippen LogP contribution in [0.1, 0.15) is 5.76 Å². The average Bonchev–Trinajstić information content (AvgIpc) is 3.16. The third-order valence-corrected chi connectivity index (χ3v) is 3.15. The van der Waals surface area contributed by atoms with Crippen LogP contribution in [0.25, 0.3) is 11.5 Å². The van der Waals surface area contributed by atoms with E-state index in [2.05, 4.69) is 30.8 Å². The van der Waals surface area contributed by atoms with Crippen molar-refractivity contribution in [3.8, 4) is 11.5 Å². The Balaban J connectivity index is 1.65. The molecule has 3 aromatic heterocycles. The molecule has 24 heavy (non-hydrogen) atoms. The minimum absolute atomic E-state index is 0.205. The van der Waals surface area contributed by atoms with Crippen molar-refractivity contribution in [1.82, 2.24) is 20.2 Å². The van der Waals surface area contributed by atoms with Crippen molar-refractivity contribution in [1.29, 1.82) is 0 Å². The molecule has 9 heteroatoms. The zero-order valence-corrected chi connectivity index (χ0v) is 13.5. The Morgan fingerprint density at radius 3 is 2.79 bits per heavy atom. The minimum atomic E-state index is -0.486. The lowest BCUT2D eigenvalue weighted by Crippen LogP contribution is -2.22. The summed E-state index contributed by atoms with van der Waals surface area (Å²) < 4.78 is 5.49. The highest BCUT2D eigenvalue weighted by Gasteiger charge is 2.11. The van der Waals surface area contributed by atoms with E-state index < -0.39 is 6.03 Å². The minimum Gasteiger partial charge on any atom is -0.460 e. The van der Waals surface area contributed by atoms with Gasteiger partial charge in [0.15, 0.2) is 11.6 Å². The first kappa shape index (κ1) is 15.5. The van der Waals surface area contributed by atoms with E-state index in [0.717, 1.165) is 5.76 Å². The molecule has 9 nitrogen and oxygen atoms in total. The van der Waals surface area contributed by atoms with Crippen LogP contribution < -0.4 is 15.5 Å². The number of hydrogen-bond donors (Lipinski definition) is 3. The molecule has 0 spiro atoms. The van der Waals surface area contributed by atoms with Crippen LogP contribution in [-0.2, 0) is 0 Å². The summed E-state index contributed by atoms with van der Waals surface area (Å²) in [5.74, 6) is 2.70. The number of carbonyl (C=O) groups is 1. The van der Waals surface area contributed by atoms with Gasteiger partial charge in [0.1, 0.15) is 17.3 Å². The highest BCUT2D eigenvalue weighted by Crippen LogP contribution is 2.22. The Morgan fingerprint density at radius 1 is 1.25 bits per heavy atom. The monoisotopic (exact) mass is 327 g/mol. The van der Waals surface area contributed by atoms with Gasteiger partial charge in [-0.3, -0.25) is 15.7 Å². The fourth-order valence-corrected chi connectivity index (χ4v) is 2.00. The zero-order chi connectivity index (χ0) is 17.1. The summed E-state index contributed by atoms with van der Waals surface area (Å²) in [5, 5.41) is 12.0. The fraction of sp³-hybridized carbons (Fsp3) is 0.200. The van der Waals surface area contributed by atoms with Crippen molar-refractivity contribution in [3.63, 3.8) is 0 Å². The number of furan rings is 1. The van der Waals surface area contributed by atoms with E-state index in [9.17, 15) is 4.79 Å². The van der Waals surface area contributed by atoms with E-state index in [4.69, 9.17) is 4.42 Å². The first-order chi connectivity index (χ1) is 11.5. The molecule has 3 N–H and O–H groups in total. The third kappa shape index (κ3) is 3.51. The molecule has 0 fully saturated rings. The van der Waals surface area contributed by atoms with Crippen LogP contribution in [0.2, 0.25) is 0 Å². The Kier molecular flexibility index (Phi) is 4.15. The van der Waals surface area contributed by atoms with Gasteiger partial charge in [0.05, 0.1) is 0 Å². The van der Waals surface area contributed by atoms with Crippen molar-refractivity contribution < 1.29 is 9.21 Å². The van der Waals surface area contributed by atoms with Crippen LogP contribution in [0.15, 0.2) is 34.9 Å². The molecule has 2 amide bonds. The maximum Gasteiger partial charge on any atom is 0.327 e. The van der Waals surface area contributed by atoms with E-state index in [-0.39, 0.29) is 5.95 Å². The molecule has 0 aromatic carbocycles. The molecule has 0 saturated carbocycles. The lowest BCUT2D eigenvalue weighted by molar-refractivity contribution is 0.262. The molecule has 0 bridgehead atoms. The fourth-order valence-electron chi connectivity index (χ4n) is 2.00. The maximum absolute atomic E-state index is 12.0. The number of anilines is 3. The number of amides is 2. The lowest BCUT2D eigenvalue weighted by Gasteiger charge is -2.11. The van der Waals surface area contributed by atoms with E-state index in [1.807, 2.05) is 38.1 Å². The summed E-state index contributed by atoms with van der Waals surface area (Å²) in [4.78, 5) is 22.1. The van der Waals surface area contributed by atoms with Gasteiger partial charge in [-0.05, 0) is 25.1 Å². The van der Waals surface area contributed by atoms with Crippen molar-refractivity contribution in [2.45, 2.75) is 6.92 Å². The maximum atomic E-state index is 12.0. The van der Waals surface area contributed by atoms with Crippen LogP contribution in [0, 0.1) is 6.92 Å². The molecule has 3 heterocycles. The van der Waals surface area contributed by atoms with Crippen molar-refractivity contribution in [2.75, 3.05) is 29.6 Å². The van der Waals surface area contributed by atoms with E-state index >= 15 is 0 Å². The molecule has 3 aromatic rings. The number of nitrogens with zero attached hydrogens (tertiary/aromatic N) is 4. The molecular weight excluding hydrogens is 310 g/mol. The molecule has 3 rings (SSSR count). The number of nitrogens with one attached hydrogen (secondary N) is 3. The Morgan fingerprint density at radius 2 is 2.08 bits per heavy atom. The quantitative estimate of drug-likeness (QED) is 0.678. The molecule has 0 saturated heterocycles. The number of rotatable bonds is 4. The van der Waals surface area contributed by atoms with Gasteiger partial charge in [0, 0.05) is 26.4 Å². The first-order valence-corrected chi connectivity index (χ1v) is 7.22. The summed E-state index contributed by atoms with van der Waals surface area (Å²) in [5.41, 5.74) is 0.671. The molecule has 0 aliphatic heterocycles. The van der Waals surface area contributed by atoms with Crippen molar-refractivity contribution in [3.05, 3.63) is 36.2 Å². The number of aryl methyl sites for hydroxylation is 1. The second-order valence-electron chi connectivity index (χ2n) is 5.29. The normalized spacial score (nSPS) is 10.5. The summed E-state index contributed by atoms with van der Waals surface area (Å²) in [6, 6.07) is 6.61. The van der Waals surface area contributed by atoms with Crippen molar-refractivity contribution >= 4 is 23.6 Å². The van der Waals surface area contributed by atoms with Gasteiger partial charge in [0.25, 0.3) is 0 Å². The SMILES string of the molecule is Cc1ccc(-c2cc(NC(=O)Nc3nccc(N(C)C)n3)n[nH]2)o1. The third-order valence-electron chi connectivity index (χ3n) is 3.15. The van der Waals surface area contributed by atoms with Gasteiger partial charge in [-0.15, -0.1) is 0 Å². The molecular formula is C15H17N7O2. The predicted molar refractivity (Wildman–Crippen MR) is 90.0 cm³/mol. The summed E-state index contributed by atoms with van der Waals surface area (Å²) in [7, 11) is 3.71. The largest absolute Gasteiger partial charge is 0.460 e. The average molecular weight is 327 g/mol. The Hall–Kier alpha value is -3.36. The van der Waals surface area contributed by atoms with E-state index in [0.29, 0.717) is 23.1 Å². The predicted octanol–water partition coefficient (Wildman–Crippen LogP) is 2.48. The smallest absolute Gasteiger partial charge is 0.327 e. The number of H-pyrrole nitrogens is 1. The number of urea groups is 1. The summed E-state index contributed by atoms with van der Waals surface area (Å²) in [6.07, 6.45) is 1.57. The van der Waals surface area contributed by atoms with E-state index in [1.165, 1.54) is 0 Å². The number of hydrogen-bond acceptors (Lipinski definition) is 6. The Bertz CT molecular complexity index is 853. The highest BCUT2D eigenvalue weighted by molar-refractivity contribution is 5.98. The molecule has 124 valence electrons. The topological polar surface area (TPSA) is 112 Å². The van der Waals surface area contributed by atoms with Gasteiger partial charge in [-0.1, -0.05) is 0 Å². The molecule has 0 aliphatic rings. The standard InChI is InChI=1S/C15H17N7O2/c1-9-4-5-11(24-9)10-8-12(21-20-10)17-15(23)19-14-16-7-6-13(18-14)22(2)3/h4-8H,1-3H3,(H3,16,17,18,19,20,21,23). The summed E-state index contributed by atoms with van der Waals surface area (Å²) in [6.45, 7) is 1.86. The van der Waals surface area contributed by atoms with Crippen LogP contribution in [0.5, 0.6) is 0 Å². The highest BCUT2D eigenvalue weighted by atomic mass is 16.3. The van der Waals surface area contributed by atoms with Crippen LogP contribution in [0.3, 0.4) is 0 Å². The van der Waals surface area contributed by atoms with Gasteiger partial charge in [-0.2, -0.15) is 10.1 Å². The van der Waals surface area contributed by atoms with Crippen LogP contribution in [0.4, 0.5) is 22.4 Å². The van der Waals surface area contributed by atoms with Gasteiger partial charge in [0.2, 0.25) is 5.95 Å². The van der Waals surface area contributed by atoms with Gasteiger partial charge < -0.3 is 9.32 Å². The zero-order valence-electron chi connectivity index (χ0n) is 13.5. The number of carbonyl (C=O) groups excluding carboxylic acids is 1. The van der Waals surface area contributed by atoms with Crippen LogP contribution >= 0.6 is 0 Å². The Labute approximate surface area is 138 Å². The summed E-state index contributed by atoms with van der Waals surface area (Å²) >= 11 is 0. The molecule has 0 unspecified atom stereocenters. The second kappa shape index (κ2) is 6.41. The molecule has 0 atom stereocenters. The molecule has 0 radical (unpaired) electrons. The lowest BCUT2D eigenvalue weighted by atomic mass is 10.3. The van der Waals surface area contributed by atoms with Gasteiger partial charge in [-0.25, -0.2) is 9.78 Å². The second-order valence-corrected chi connectivity index (χ2v) is 5.29. The number of aromatic nitrogens is 4. The molecule has 0 aliphatic carbocycles. The number of aromatic amines is 1. The first-order valence-electron chi connectivity index (χ1n) is 7.22. The van der Waals surface area contributed by atoms with E-state index in [1.54, 1.807) is 18.3 Å². The van der Waals surface area contributed by atoms with Crippen molar-refractivity contribution in [2.24, 2.45) is 0 Å². The van der Waals surface area contributed by atoms with Gasteiger partial charge >= 0.3 is 6.03 Å².